The minimum atomic E-state index is -0.114. The van der Waals surface area contributed by atoms with E-state index in [0.29, 0.717) is 27.9 Å². The maximum Gasteiger partial charge on any atom is 0.230 e. The standard InChI is InChI=1S/C20H17N3O3S/c1-14(24)23(17-6-4-3-5-7-17)20-22-16(13-27-20)12-26-18-9-8-15(11-21)10-19(18)25-2/h3-10,13H,12H2,1-2H3. The highest BCUT2D eigenvalue weighted by Crippen LogP contribution is 2.31. The molecular formula is C20H17N3O3S. The van der Waals surface area contributed by atoms with Gasteiger partial charge >= 0.3 is 0 Å². The highest BCUT2D eigenvalue weighted by molar-refractivity contribution is 7.14. The van der Waals surface area contributed by atoms with Crippen LogP contribution in [0.4, 0.5) is 10.8 Å². The van der Waals surface area contributed by atoms with E-state index in [1.54, 1.807) is 23.1 Å². The van der Waals surface area contributed by atoms with Crippen LogP contribution in [0.15, 0.2) is 53.9 Å². The maximum atomic E-state index is 12.1. The Kier molecular flexibility index (Phi) is 5.69. The molecule has 0 unspecified atom stereocenters. The lowest BCUT2D eigenvalue weighted by atomic mass is 10.2. The zero-order valence-corrected chi connectivity index (χ0v) is 15.7. The van der Waals surface area contributed by atoms with E-state index in [0.717, 1.165) is 5.69 Å². The summed E-state index contributed by atoms with van der Waals surface area (Å²) in [5.41, 5.74) is 1.96. The number of benzene rings is 2. The van der Waals surface area contributed by atoms with Gasteiger partial charge < -0.3 is 9.47 Å². The summed E-state index contributed by atoms with van der Waals surface area (Å²) in [6.45, 7) is 1.73. The normalized spacial score (nSPS) is 10.1. The van der Waals surface area contributed by atoms with E-state index in [-0.39, 0.29) is 12.5 Å². The van der Waals surface area contributed by atoms with E-state index < -0.39 is 0 Å². The largest absolute Gasteiger partial charge is 0.493 e. The molecule has 0 atom stereocenters. The molecule has 1 heterocycles. The SMILES string of the molecule is COc1cc(C#N)ccc1OCc1csc(N(C(C)=O)c2ccccc2)n1. The number of nitrogens with zero attached hydrogens (tertiary/aromatic N) is 3. The highest BCUT2D eigenvalue weighted by Gasteiger charge is 2.18. The van der Waals surface area contributed by atoms with Gasteiger partial charge in [0.2, 0.25) is 5.91 Å². The van der Waals surface area contributed by atoms with Crippen LogP contribution >= 0.6 is 11.3 Å². The monoisotopic (exact) mass is 379 g/mol. The van der Waals surface area contributed by atoms with E-state index in [1.807, 2.05) is 35.7 Å². The Balaban J connectivity index is 1.76. The van der Waals surface area contributed by atoms with Crippen molar-refractivity contribution in [3.05, 3.63) is 65.2 Å². The summed E-state index contributed by atoms with van der Waals surface area (Å²) in [6, 6.07) is 16.4. The molecule has 0 radical (unpaired) electrons. The van der Waals surface area contributed by atoms with Crippen molar-refractivity contribution in [1.29, 1.82) is 5.26 Å². The molecule has 1 amide bonds. The minimum absolute atomic E-state index is 0.114. The Bertz CT molecular complexity index is 980. The number of anilines is 2. The molecule has 0 aliphatic heterocycles. The fourth-order valence-corrected chi connectivity index (χ4v) is 3.35. The number of carbonyl (C=O) groups excluding carboxylic acids is 1. The summed E-state index contributed by atoms with van der Waals surface area (Å²) in [5, 5.41) is 11.4. The van der Waals surface area contributed by atoms with Gasteiger partial charge in [-0.15, -0.1) is 11.3 Å². The Labute approximate surface area is 161 Å². The van der Waals surface area contributed by atoms with Crippen LogP contribution in [0, 0.1) is 11.3 Å². The van der Waals surface area contributed by atoms with Crippen molar-refractivity contribution in [1.82, 2.24) is 4.98 Å². The van der Waals surface area contributed by atoms with Crippen LogP contribution in [0.3, 0.4) is 0 Å². The number of nitriles is 1. The molecule has 136 valence electrons. The summed E-state index contributed by atoms with van der Waals surface area (Å²) >= 11 is 1.37. The predicted molar refractivity (Wildman–Crippen MR) is 103 cm³/mol. The first-order chi connectivity index (χ1) is 13.1. The minimum Gasteiger partial charge on any atom is -0.493 e. The van der Waals surface area contributed by atoms with Crippen molar-refractivity contribution < 1.29 is 14.3 Å². The van der Waals surface area contributed by atoms with Gasteiger partial charge in [0.25, 0.3) is 0 Å². The van der Waals surface area contributed by atoms with E-state index in [9.17, 15) is 4.79 Å². The van der Waals surface area contributed by atoms with Crippen LogP contribution in [0.1, 0.15) is 18.2 Å². The molecule has 0 saturated carbocycles. The Hall–Kier alpha value is -3.37. The smallest absolute Gasteiger partial charge is 0.230 e. The van der Waals surface area contributed by atoms with E-state index >= 15 is 0 Å². The molecule has 3 rings (SSSR count). The first-order valence-electron chi connectivity index (χ1n) is 8.13. The maximum absolute atomic E-state index is 12.1. The number of rotatable bonds is 6. The molecule has 0 N–H and O–H groups in total. The van der Waals surface area contributed by atoms with Crippen molar-refractivity contribution in [2.75, 3.05) is 12.0 Å². The number of hydrogen-bond acceptors (Lipinski definition) is 6. The molecule has 2 aromatic carbocycles. The molecule has 27 heavy (non-hydrogen) atoms. The third kappa shape index (κ3) is 4.25. The van der Waals surface area contributed by atoms with Crippen LogP contribution in [0.2, 0.25) is 0 Å². The van der Waals surface area contributed by atoms with Crippen LogP contribution in [-0.2, 0) is 11.4 Å². The van der Waals surface area contributed by atoms with Gasteiger partial charge in [-0.05, 0) is 24.3 Å². The third-order valence-corrected chi connectivity index (χ3v) is 4.60. The number of aromatic nitrogens is 1. The number of thiazole rings is 1. The van der Waals surface area contributed by atoms with Gasteiger partial charge in [-0.1, -0.05) is 18.2 Å². The lowest BCUT2D eigenvalue weighted by molar-refractivity contribution is -0.115. The van der Waals surface area contributed by atoms with E-state index in [1.165, 1.54) is 25.4 Å². The fraction of sp³-hybridized carbons (Fsp3) is 0.150. The summed E-state index contributed by atoms with van der Waals surface area (Å²) in [7, 11) is 1.52. The Morgan fingerprint density at radius 3 is 2.67 bits per heavy atom. The molecule has 7 heteroatoms. The van der Waals surface area contributed by atoms with Crippen molar-refractivity contribution in [2.45, 2.75) is 13.5 Å². The topological polar surface area (TPSA) is 75.5 Å². The molecule has 3 aromatic rings. The van der Waals surface area contributed by atoms with Gasteiger partial charge in [0.1, 0.15) is 6.61 Å². The molecule has 0 bridgehead atoms. The van der Waals surface area contributed by atoms with E-state index in [2.05, 4.69) is 11.1 Å². The van der Waals surface area contributed by atoms with Gasteiger partial charge in [0, 0.05) is 18.4 Å². The van der Waals surface area contributed by atoms with Crippen molar-refractivity contribution in [2.24, 2.45) is 0 Å². The second kappa shape index (κ2) is 8.34. The van der Waals surface area contributed by atoms with Gasteiger partial charge in [-0.25, -0.2) is 4.98 Å². The third-order valence-electron chi connectivity index (χ3n) is 3.73. The number of hydrogen-bond donors (Lipinski definition) is 0. The van der Waals surface area contributed by atoms with Crippen LogP contribution in [0.25, 0.3) is 0 Å². The lowest BCUT2D eigenvalue weighted by Crippen LogP contribution is -2.22. The van der Waals surface area contributed by atoms with E-state index in [4.69, 9.17) is 14.7 Å². The van der Waals surface area contributed by atoms with Crippen molar-refractivity contribution in [3.63, 3.8) is 0 Å². The highest BCUT2D eigenvalue weighted by atomic mass is 32.1. The Morgan fingerprint density at radius 1 is 1.22 bits per heavy atom. The first-order valence-corrected chi connectivity index (χ1v) is 9.01. The molecule has 0 spiro atoms. The predicted octanol–water partition coefficient (Wildman–Crippen LogP) is 4.29. The second-order valence-electron chi connectivity index (χ2n) is 5.58. The number of ether oxygens (including phenoxy) is 2. The van der Waals surface area contributed by atoms with Crippen LogP contribution in [-0.4, -0.2) is 18.0 Å². The molecule has 1 aromatic heterocycles. The number of para-hydroxylation sites is 1. The molecule has 0 aliphatic carbocycles. The molecule has 0 fully saturated rings. The molecular weight excluding hydrogens is 362 g/mol. The fourth-order valence-electron chi connectivity index (χ4n) is 2.48. The summed E-state index contributed by atoms with van der Waals surface area (Å²) < 4.78 is 11.0. The molecule has 6 nitrogen and oxygen atoms in total. The second-order valence-corrected chi connectivity index (χ2v) is 6.41. The zero-order chi connectivity index (χ0) is 19.2. The average molecular weight is 379 g/mol. The molecule has 0 saturated heterocycles. The van der Waals surface area contributed by atoms with Crippen LogP contribution in [0.5, 0.6) is 11.5 Å². The van der Waals surface area contributed by atoms with Crippen molar-refractivity contribution in [3.8, 4) is 17.6 Å². The van der Waals surface area contributed by atoms with Gasteiger partial charge in [-0.2, -0.15) is 5.26 Å². The molecule has 0 aliphatic rings. The number of amides is 1. The number of methoxy groups -OCH3 is 1. The van der Waals surface area contributed by atoms with Gasteiger partial charge in [-0.3, -0.25) is 9.69 Å². The van der Waals surface area contributed by atoms with Gasteiger partial charge in [0.15, 0.2) is 16.6 Å². The first kappa shape index (κ1) is 18.4. The summed E-state index contributed by atoms with van der Waals surface area (Å²) in [6.07, 6.45) is 0. The zero-order valence-electron chi connectivity index (χ0n) is 14.9. The van der Waals surface area contributed by atoms with Crippen LogP contribution < -0.4 is 14.4 Å². The average Bonchev–Trinajstić information content (AvgIpc) is 3.15. The summed E-state index contributed by atoms with van der Waals surface area (Å²) in [4.78, 5) is 18.2. The quantitative estimate of drug-likeness (QED) is 0.639. The lowest BCUT2D eigenvalue weighted by Gasteiger charge is -2.17. The number of carbonyl (C=O) groups is 1. The van der Waals surface area contributed by atoms with Gasteiger partial charge in [0.05, 0.1) is 30.1 Å². The van der Waals surface area contributed by atoms with Crippen molar-refractivity contribution >= 4 is 28.1 Å². The Morgan fingerprint density at radius 2 is 2.00 bits per heavy atom. The summed E-state index contributed by atoms with van der Waals surface area (Å²) in [5.74, 6) is 0.897.